The molecule has 138 valence electrons. The van der Waals surface area contributed by atoms with Gasteiger partial charge in [0.2, 0.25) is 0 Å². The SMILES string of the molecule is Fc1ccc(-c2cn3c4ccccc4[n+](CC[NH+]4CCCCC4)c3[nH]2)cc1. The lowest BCUT2D eigenvalue weighted by molar-refractivity contribution is -0.920. The molecule has 5 rings (SSSR count). The van der Waals surface area contributed by atoms with Gasteiger partial charge in [-0.2, -0.15) is 4.40 Å². The lowest BCUT2D eigenvalue weighted by atomic mass is 10.1. The normalized spacial score (nSPS) is 15.7. The summed E-state index contributed by atoms with van der Waals surface area (Å²) in [5.41, 5.74) is 4.46. The Balaban J connectivity index is 1.55. The molecule has 1 fully saturated rings. The molecule has 0 radical (unpaired) electrons. The second kappa shape index (κ2) is 6.82. The summed E-state index contributed by atoms with van der Waals surface area (Å²) < 4.78 is 17.9. The zero-order chi connectivity index (χ0) is 18.2. The summed E-state index contributed by atoms with van der Waals surface area (Å²) in [5.74, 6) is 0.883. The van der Waals surface area contributed by atoms with Crippen LogP contribution in [-0.4, -0.2) is 29.0 Å². The first-order chi connectivity index (χ1) is 13.3. The van der Waals surface area contributed by atoms with Crippen LogP contribution >= 0.6 is 0 Å². The highest BCUT2D eigenvalue weighted by molar-refractivity contribution is 5.76. The van der Waals surface area contributed by atoms with Gasteiger partial charge in [0, 0.05) is 5.56 Å². The van der Waals surface area contributed by atoms with Crippen molar-refractivity contribution in [2.45, 2.75) is 25.8 Å². The zero-order valence-electron chi connectivity index (χ0n) is 15.4. The number of likely N-dealkylation sites (tertiary alicyclic amines) is 1. The van der Waals surface area contributed by atoms with Crippen molar-refractivity contribution in [3.05, 3.63) is 60.5 Å². The number of rotatable bonds is 4. The number of hydrogen-bond acceptors (Lipinski definition) is 0. The number of benzene rings is 2. The summed E-state index contributed by atoms with van der Waals surface area (Å²) in [6, 6.07) is 15.2. The van der Waals surface area contributed by atoms with Crippen LogP contribution in [0.4, 0.5) is 4.39 Å². The minimum atomic E-state index is -0.207. The van der Waals surface area contributed by atoms with Crippen molar-refractivity contribution >= 4 is 16.8 Å². The van der Waals surface area contributed by atoms with Gasteiger partial charge >= 0.3 is 5.78 Å². The minimum Gasteiger partial charge on any atom is -0.332 e. The molecule has 1 aliphatic rings. The van der Waals surface area contributed by atoms with Crippen molar-refractivity contribution in [2.24, 2.45) is 0 Å². The molecular weight excluding hydrogens is 339 g/mol. The number of hydrogen-bond donors (Lipinski definition) is 2. The summed E-state index contributed by atoms with van der Waals surface area (Å²) in [6.45, 7) is 4.73. The van der Waals surface area contributed by atoms with Crippen molar-refractivity contribution in [1.82, 2.24) is 9.38 Å². The zero-order valence-corrected chi connectivity index (χ0v) is 15.4. The fraction of sp³-hybridized carbons (Fsp3) is 0.318. The summed E-state index contributed by atoms with van der Waals surface area (Å²) in [7, 11) is 0. The molecule has 0 bridgehead atoms. The maximum atomic E-state index is 13.3. The van der Waals surface area contributed by atoms with Crippen molar-refractivity contribution in [3.63, 3.8) is 0 Å². The number of quaternary nitrogens is 1. The quantitative estimate of drug-likeness (QED) is 0.521. The van der Waals surface area contributed by atoms with Crippen LogP contribution in [0.2, 0.25) is 0 Å². The number of fused-ring (bicyclic) bond motifs is 3. The van der Waals surface area contributed by atoms with Gasteiger partial charge in [0.05, 0.1) is 13.1 Å². The third-order valence-corrected chi connectivity index (χ3v) is 5.83. The molecule has 2 N–H and O–H groups in total. The van der Waals surface area contributed by atoms with Crippen LogP contribution < -0.4 is 9.47 Å². The molecule has 0 unspecified atom stereocenters. The molecule has 1 saturated heterocycles. The van der Waals surface area contributed by atoms with Crippen LogP contribution in [0.3, 0.4) is 0 Å². The molecule has 4 nitrogen and oxygen atoms in total. The van der Waals surface area contributed by atoms with Gasteiger partial charge in [-0.1, -0.05) is 12.1 Å². The first-order valence-electron chi connectivity index (χ1n) is 9.91. The van der Waals surface area contributed by atoms with Crippen molar-refractivity contribution in [1.29, 1.82) is 0 Å². The Morgan fingerprint density at radius 3 is 2.59 bits per heavy atom. The number of nitrogens with zero attached hydrogens (tertiary/aromatic N) is 2. The van der Waals surface area contributed by atoms with Gasteiger partial charge in [0.15, 0.2) is 0 Å². The molecule has 0 atom stereocenters. The third-order valence-electron chi connectivity index (χ3n) is 5.83. The highest BCUT2D eigenvalue weighted by Gasteiger charge is 2.23. The lowest BCUT2D eigenvalue weighted by Gasteiger charge is -2.22. The number of aromatic amines is 1. The van der Waals surface area contributed by atoms with Crippen LogP contribution in [0.1, 0.15) is 19.3 Å². The van der Waals surface area contributed by atoms with Gasteiger partial charge in [-0.25, -0.2) is 13.9 Å². The van der Waals surface area contributed by atoms with Gasteiger partial charge in [-0.3, -0.25) is 0 Å². The highest BCUT2D eigenvalue weighted by Crippen LogP contribution is 2.22. The predicted molar refractivity (Wildman–Crippen MR) is 104 cm³/mol. The van der Waals surface area contributed by atoms with E-state index in [2.05, 4.69) is 44.4 Å². The van der Waals surface area contributed by atoms with Gasteiger partial charge in [0.25, 0.3) is 0 Å². The highest BCUT2D eigenvalue weighted by atomic mass is 19.1. The molecule has 0 amide bonds. The Hall–Kier alpha value is -2.66. The topological polar surface area (TPSA) is 28.5 Å². The van der Waals surface area contributed by atoms with Crippen molar-refractivity contribution < 1.29 is 13.9 Å². The Labute approximate surface area is 157 Å². The molecule has 2 aromatic heterocycles. The number of nitrogens with one attached hydrogen (secondary N) is 2. The number of piperidine rings is 1. The average molecular weight is 364 g/mol. The number of H-pyrrole nitrogens is 1. The van der Waals surface area contributed by atoms with Crippen molar-refractivity contribution in [3.8, 4) is 11.3 Å². The van der Waals surface area contributed by atoms with E-state index >= 15 is 0 Å². The smallest absolute Gasteiger partial charge is 0.332 e. The molecule has 4 aromatic rings. The number of aromatic nitrogens is 3. The first-order valence-corrected chi connectivity index (χ1v) is 9.91. The lowest BCUT2D eigenvalue weighted by Crippen LogP contribution is -3.13. The number of halogens is 1. The molecule has 3 heterocycles. The van der Waals surface area contributed by atoms with Crippen LogP contribution in [0.5, 0.6) is 0 Å². The summed E-state index contributed by atoms with van der Waals surface area (Å²) in [4.78, 5) is 5.28. The van der Waals surface area contributed by atoms with Gasteiger partial charge in [-0.05, 0) is 55.7 Å². The predicted octanol–water partition coefficient (Wildman–Crippen LogP) is 2.58. The van der Waals surface area contributed by atoms with Crippen LogP contribution in [0.25, 0.3) is 28.1 Å². The van der Waals surface area contributed by atoms with E-state index in [0.717, 1.165) is 30.1 Å². The monoisotopic (exact) mass is 364 g/mol. The van der Waals surface area contributed by atoms with Crippen LogP contribution in [0.15, 0.2) is 54.7 Å². The standard InChI is InChI=1S/C22H23FN4/c23-18-10-8-17(9-11-18)19-16-27-21-7-3-2-6-20(21)26(22(27)24-19)15-14-25-12-4-1-5-13-25/h2-3,6-11,16H,1,4-5,12-15H2/p+2. The van der Waals surface area contributed by atoms with E-state index in [9.17, 15) is 4.39 Å². The summed E-state index contributed by atoms with van der Waals surface area (Å²) in [5, 5.41) is 0. The second-order valence-electron chi connectivity index (χ2n) is 7.57. The van der Waals surface area contributed by atoms with E-state index < -0.39 is 0 Å². The first kappa shape index (κ1) is 16.5. The Morgan fingerprint density at radius 1 is 1.00 bits per heavy atom. The Bertz CT molecular complexity index is 1070. The summed E-state index contributed by atoms with van der Waals surface area (Å²) in [6.07, 6.45) is 6.20. The molecule has 0 spiro atoms. The van der Waals surface area contributed by atoms with E-state index in [4.69, 9.17) is 0 Å². The fourth-order valence-corrected chi connectivity index (χ4v) is 4.37. The maximum Gasteiger partial charge on any atom is 0.368 e. The fourth-order valence-electron chi connectivity index (χ4n) is 4.37. The van der Waals surface area contributed by atoms with E-state index in [1.807, 2.05) is 12.1 Å². The van der Waals surface area contributed by atoms with Crippen LogP contribution in [-0.2, 0) is 6.54 Å². The van der Waals surface area contributed by atoms with E-state index in [1.165, 1.54) is 55.5 Å². The number of imidazole rings is 2. The van der Waals surface area contributed by atoms with Gasteiger partial charge < -0.3 is 4.90 Å². The Kier molecular flexibility index (Phi) is 4.17. The maximum absolute atomic E-state index is 13.3. The molecular formula is C22H25FN4+2. The number of para-hydroxylation sites is 2. The van der Waals surface area contributed by atoms with Crippen LogP contribution in [0, 0.1) is 5.82 Å². The van der Waals surface area contributed by atoms with Crippen molar-refractivity contribution in [2.75, 3.05) is 19.6 Å². The van der Waals surface area contributed by atoms with Gasteiger partial charge in [0.1, 0.15) is 41.8 Å². The molecule has 27 heavy (non-hydrogen) atoms. The molecule has 1 aliphatic heterocycles. The molecule has 0 saturated carbocycles. The second-order valence-corrected chi connectivity index (χ2v) is 7.57. The Morgan fingerprint density at radius 2 is 1.78 bits per heavy atom. The van der Waals surface area contributed by atoms with E-state index in [0.29, 0.717) is 0 Å². The summed E-state index contributed by atoms with van der Waals surface area (Å²) >= 11 is 0. The molecule has 5 heteroatoms. The van der Waals surface area contributed by atoms with Gasteiger partial charge in [-0.15, -0.1) is 0 Å². The minimum absolute atomic E-state index is 0.207. The largest absolute Gasteiger partial charge is 0.368 e. The third kappa shape index (κ3) is 3.02. The molecule has 2 aromatic carbocycles. The van der Waals surface area contributed by atoms with E-state index in [1.54, 1.807) is 4.90 Å². The van der Waals surface area contributed by atoms with E-state index in [-0.39, 0.29) is 5.82 Å². The average Bonchev–Trinajstić information content (AvgIpc) is 3.26. The molecule has 0 aliphatic carbocycles.